The minimum Gasteiger partial charge on any atom is -0.394 e. The van der Waals surface area contributed by atoms with Gasteiger partial charge in [-0.3, -0.25) is 38.3 Å². The minimum absolute atomic E-state index is 0.0407. The maximum Gasteiger partial charge on any atom is 0.280 e. The molecule has 1 unspecified atom stereocenters. The number of aromatic amines is 2. The van der Waals surface area contributed by atoms with Crippen molar-refractivity contribution in [1.29, 1.82) is 0 Å². The van der Waals surface area contributed by atoms with Crippen molar-refractivity contribution in [2.45, 2.75) is 61.3 Å². The summed E-state index contributed by atoms with van der Waals surface area (Å²) in [7, 11) is 0. The summed E-state index contributed by atoms with van der Waals surface area (Å²) in [6, 6.07) is -1.34. The second kappa shape index (κ2) is 9.64. The predicted octanol–water partition coefficient (Wildman–Crippen LogP) is -4.05. The van der Waals surface area contributed by atoms with Crippen LogP contribution in [0.15, 0.2) is 31.8 Å². The van der Waals surface area contributed by atoms with Crippen LogP contribution < -0.4 is 44.1 Å². The van der Waals surface area contributed by atoms with Crippen LogP contribution in [0.1, 0.15) is 25.3 Å². The molecule has 21 heteroatoms. The van der Waals surface area contributed by atoms with Gasteiger partial charge < -0.3 is 46.9 Å². The minimum atomic E-state index is -1.46. The number of aliphatic hydroxyl groups is 3. The molecule has 1 aliphatic carbocycles. The van der Waals surface area contributed by atoms with Gasteiger partial charge in [-0.15, -0.1) is 0 Å². The molecule has 8 rings (SSSR count). The number of nitrogens with one attached hydrogen (secondary N) is 4. The molecule has 0 radical (unpaired) electrons. The highest BCUT2D eigenvalue weighted by Crippen LogP contribution is 2.54. The van der Waals surface area contributed by atoms with Crippen LogP contribution in [0.4, 0.5) is 23.3 Å². The quantitative estimate of drug-likeness (QED) is 0.0766. The molecule has 8 atom stereocenters. The standard InChI is InChI=1S/C25H26N12O9/c26-23-32-18-12(20(43)34-23)28-4-36(18)9-1-6(7(3-38)45-9)30-10-11(15(40)14(10)39)31-8-2-25(8)17(42)16(41)22(46-25)37-5-29-13-19(37)33-24(27)35-21(13)44/h4-9,16-17,22,30-31,38,41-42H,1-3H2,(H3,26,32,34,43)(H3,27,33,35,44)/t6-,7+,8+,9+,16+,17-,22+,25?/m0/s1. The number of imidazole rings is 2. The molecule has 2 aliphatic heterocycles. The highest BCUT2D eigenvalue weighted by Gasteiger charge is 2.69. The number of H-pyrrole nitrogens is 2. The van der Waals surface area contributed by atoms with Crippen molar-refractivity contribution in [2.24, 2.45) is 0 Å². The number of hydrogen-bond acceptors (Lipinski definition) is 17. The molecular weight excluding hydrogens is 612 g/mol. The lowest BCUT2D eigenvalue weighted by Crippen LogP contribution is -2.43. The molecule has 5 aromatic rings. The molecule has 21 nitrogen and oxygen atoms in total. The monoisotopic (exact) mass is 638 g/mol. The molecule has 3 fully saturated rings. The van der Waals surface area contributed by atoms with Crippen LogP contribution in [-0.2, 0) is 9.47 Å². The number of anilines is 4. The molecule has 0 amide bonds. The van der Waals surface area contributed by atoms with Crippen LogP contribution in [0.2, 0.25) is 0 Å². The van der Waals surface area contributed by atoms with Crippen LogP contribution in [0.25, 0.3) is 22.3 Å². The molecule has 3 aliphatic rings. The molecule has 2 saturated heterocycles. The van der Waals surface area contributed by atoms with Gasteiger partial charge in [0.25, 0.3) is 22.0 Å². The van der Waals surface area contributed by atoms with E-state index < -0.39 is 77.0 Å². The van der Waals surface area contributed by atoms with Gasteiger partial charge >= 0.3 is 0 Å². The molecule has 1 aromatic carbocycles. The van der Waals surface area contributed by atoms with E-state index in [1.54, 1.807) is 0 Å². The van der Waals surface area contributed by atoms with Gasteiger partial charge in [0.15, 0.2) is 28.6 Å². The van der Waals surface area contributed by atoms with E-state index in [9.17, 15) is 34.5 Å². The van der Waals surface area contributed by atoms with Gasteiger partial charge in [-0.2, -0.15) is 9.97 Å². The first-order valence-corrected chi connectivity index (χ1v) is 14.1. The Morgan fingerprint density at radius 1 is 0.935 bits per heavy atom. The van der Waals surface area contributed by atoms with Gasteiger partial charge in [-0.05, 0) is 0 Å². The molecule has 4 aromatic heterocycles. The number of hydrogen-bond donors (Lipinski definition) is 9. The second-order valence-corrected chi connectivity index (χ2v) is 11.6. The molecule has 6 heterocycles. The molecule has 0 bridgehead atoms. The van der Waals surface area contributed by atoms with Gasteiger partial charge in [0.05, 0.1) is 31.3 Å². The Morgan fingerprint density at radius 2 is 1.52 bits per heavy atom. The van der Waals surface area contributed by atoms with Crippen LogP contribution in [0.5, 0.6) is 0 Å². The zero-order valence-corrected chi connectivity index (χ0v) is 23.4. The fourth-order valence-electron chi connectivity index (χ4n) is 6.45. The summed E-state index contributed by atoms with van der Waals surface area (Å²) in [6.45, 7) is -0.435. The van der Waals surface area contributed by atoms with Gasteiger partial charge in [0, 0.05) is 12.8 Å². The third-order valence-corrected chi connectivity index (χ3v) is 8.87. The van der Waals surface area contributed by atoms with Crippen molar-refractivity contribution in [2.75, 3.05) is 28.7 Å². The number of aromatic nitrogens is 8. The van der Waals surface area contributed by atoms with E-state index in [1.165, 1.54) is 21.8 Å². The lowest BCUT2D eigenvalue weighted by atomic mass is 10.1. The fourth-order valence-corrected chi connectivity index (χ4v) is 6.45. The molecule has 46 heavy (non-hydrogen) atoms. The number of ether oxygens (including phenoxy) is 2. The Bertz CT molecular complexity index is 2230. The first kappa shape index (κ1) is 28.3. The van der Waals surface area contributed by atoms with E-state index in [0.717, 1.165) is 0 Å². The summed E-state index contributed by atoms with van der Waals surface area (Å²) < 4.78 is 14.8. The van der Waals surface area contributed by atoms with Crippen LogP contribution >= 0.6 is 0 Å². The first-order chi connectivity index (χ1) is 22.0. The average Bonchev–Trinajstić information content (AvgIpc) is 3.42. The van der Waals surface area contributed by atoms with Gasteiger partial charge in [-0.25, -0.2) is 9.97 Å². The van der Waals surface area contributed by atoms with Crippen molar-refractivity contribution < 1.29 is 24.8 Å². The average molecular weight is 639 g/mol. The molecule has 240 valence electrons. The number of aliphatic hydroxyl groups excluding tert-OH is 3. The Morgan fingerprint density at radius 3 is 2.15 bits per heavy atom. The Hall–Kier alpha value is -5.22. The summed E-state index contributed by atoms with van der Waals surface area (Å²) in [5, 5.41) is 37.9. The lowest BCUT2D eigenvalue weighted by molar-refractivity contribution is -0.0474. The smallest absolute Gasteiger partial charge is 0.280 e. The third kappa shape index (κ3) is 3.92. The molecule has 1 spiro atoms. The topological polar surface area (TPSA) is 317 Å². The van der Waals surface area contributed by atoms with Crippen molar-refractivity contribution in [3.8, 4) is 0 Å². The van der Waals surface area contributed by atoms with Gasteiger partial charge in [0.1, 0.15) is 41.5 Å². The van der Waals surface area contributed by atoms with Crippen molar-refractivity contribution in [3.63, 3.8) is 0 Å². The fraction of sp³-hybridized carbons (Fsp3) is 0.440. The normalized spacial score (nSPS) is 30.6. The molecule has 1 saturated carbocycles. The maximum absolute atomic E-state index is 12.7. The Labute approximate surface area is 253 Å². The highest BCUT2D eigenvalue weighted by atomic mass is 16.6. The van der Waals surface area contributed by atoms with E-state index in [1.807, 2.05) is 0 Å². The third-order valence-electron chi connectivity index (χ3n) is 8.87. The highest BCUT2D eigenvalue weighted by molar-refractivity contribution is 5.76. The van der Waals surface area contributed by atoms with Crippen LogP contribution in [0, 0.1) is 0 Å². The summed E-state index contributed by atoms with van der Waals surface area (Å²) in [4.78, 5) is 70.7. The SMILES string of the molecule is Nc1nc2c(ncn2[C@@H]2OC3(C[C@H]3Nc3c(N[C@H]4C[C@H](n5cnc6c(=O)[nH]c(N)nc65)O[C@@H]4CO)c(=O)c3=O)[C@@H](O)[C@H]2O)c(=O)[nH]1. The first-order valence-electron chi connectivity index (χ1n) is 14.1. The molecular formula is C25H26N12O9. The van der Waals surface area contributed by atoms with E-state index in [4.69, 9.17) is 20.9 Å². The number of rotatable bonds is 7. The summed E-state index contributed by atoms with van der Waals surface area (Å²) in [5.41, 5.74) is 7.42. The number of fused-ring (bicyclic) bond motifs is 2. The van der Waals surface area contributed by atoms with E-state index in [-0.39, 0.29) is 58.4 Å². The zero-order valence-electron chi connectivity index (χ0n) is 23.4. The zero-order chi connectivity index (χ0) is 32.2. The summed E-state index contributed by atoms with van der Waals surface area (Å²) in [6.07, 6.45) is -2.69. The van der Waals surface area contributed by atoms with Crippen molar-refractivity contribution >= 4 is 45.6 Å². The largest absolute Gasteiger partial charge is 0.394 e. The van der Waals surface area contributed by atoms with Crippen LogP contribution in [-0.4, -0.2) is 97.0 Å². The Balaban J connectivity index is 1.01. The van der Waals surface area contributed by atoms with E-state index in [2.05, 4.69) is 40.5 Å². The van der Waals surface area contributed by atoms with E-state index >= 15 is 0 Å². The molecule has 11 N–H and O–H groups in total. The van der Waals surface area contributed by atoms with Gasteiger partial charge in [-0.1, -0.05) is 0 Å². The lowest BCUT2D eigenvalue weighted by Gasteiger charge is -2.22. The number of nitrogens with two attached hydrogens (primary N) is 2. The van der Waals surface area contributed by atoms with E-state index in [0.29, 0.717) is 0 Å². The van der Waals surface area contributed by atoms with Crippen molar-refractivity contribution in [1.82, 2.24) is 39.0 Å². The van der Waals surface area contributed by atoms with Crippen molar-refractivity contribution in [3.05, 3.63) is 53.8 Å². The predicted molar refractivity (Wildman–Crippen MR) is 156 cm³/mol. The summed E-state index contributed by atoms with van der Waals surface area (Å²) in [5.74, 6) is -0.293. The Kier molecular flexibility index (Phi) is 5.92. The van der Waals surface area contributed by atoms with Gasteiger partial charge in [0.2, 0.25) is 11.9 Å². The summed E-state index contributed by atoms with van der Waals surface area (Å²) >= 11 is 0. The maximum atomic E-state index is 12.7. The number of nitrogen functional groups attached to an aromatic ring is 2. The number of nitrogens with zero attached hydrogens (tertiary/aromatic N) is 6. The van der Waals surface area contributed by atoms with Crippen LogP contribution in [0.3, 0.4) is 0 Å². The second-order valence-electron chi connectivity index (χ2n) is 11.6.